The predicted octanol–water partition coefficient (Wildman–Crippen LogP) is 20.6. The van der Waals surface area contributed by atoms with Crippen LogP contribution in [0.1, 0.15) is 183 Å². The van der Waals surface area contributed by atoms with Gasteiger partial charge in [0.2, 0.25) is 0 Å². The molecule has 0 fully saturated rings. The lowest BCUT2D eigenvalue weighted by atomic mass is 9.85. The Balaban J connectivity index is 0.000000237. The van der Waals surface area contributed by atoms with Crippen molar-refractivity contribution in [2.24, 2.45) is 0 Å². The lowest BCUT2D eigenvalue weighted by Gasteiger charge is -2.32. The van der Waals surface area contributed by atoms with Gasteiger partial charge in [-0.25, -0.2) is 4.79 Å². The third kappa shape index (κ3) is 31.0. The molecule has 10 aromatic rings. The van der Waals surface area contributed by atoms with Gasteiger partial charge in [0.25, 0.3) is 0 Å². The number of aliphatic hydroxyl groups is 1. The first-order chi connectivity index (χ1) is 51.3. The number of nitrogens with zero attached hydrogens (tertiary/aromatic N) is 2. The number of aliphatic carboxylic acids is 1. The maximum atomic E-state index is 11.7. The smallest absolute Gasteiger partial charge is 0.394 e. The number of ether oxygens (including phenoxy) is 2. The van der Waals surface area contributed by atoms with Crippen molar-refractivity contribution in [3.05, 3.63) is 333 Å². The number of hydrogen-bond acceptors (Lipinski definition) is 12. The van der Waals surface area contributed by atoms with E-state index >= 15 is 0 Å². The summed E-state index contributed by atoms with van der Waals surface area (Å²) in [4.78, 5) is 26.8. The summed E-state index contributed by atoms with van der Waals surface area (Å²) in [5.74, 6) is 2.30. The Labute approximate surface area is 653 Å². The van der Waals surface area contributed by atoms with Crippen molar-refractivity contribution in [3.63, 3.8) is 0 Å². The lowest BCUT2D eigenvalue weighted by molar-refractivity contribution is -0.135. The number of carbonyl (C=O) groups excluding carboxylic acids is 1. The molecule has 0 radical (unpaired) electrons. The summed E-state index contributed by atoms with van der Waals surface area (Å²) in [7, 11) is -4.67. The van der Waals surface area contributed by atoms with Crippen LogP contribution in [0.5, 0.6) is 28.7 Å². The molecule has 4 unspecified atom stereocenters. The number of fused-ring (bicyclic) bond motifs is 2. The third-order valence-electron chi connectivity index (χ3n) is 18.6. The topological polar surface area (TPSA) is 235 Å². The van der Waals surface area contributed by atoms with Crippen LogP contribution in [0.2, 0.25) is 0 Å². The number of phenols is 3. The predicted molar refractivity (Wildman–Crippen MR) is 443 cm³/mol. The summed E-state index contributed by atoms with van der Waals surface area (Å²) >= 11 is 0. The number of carboxylic acid groups (broad SMARTS) is 1. The Hall–Kier alpha value is -9.88. The molecule has 0 aliphatic carbocycles. The molecule has 580 valence electrons. The standard InChI is InChI=1S/2C22H31NO.C16H16O2.C16H14O2.C9H8O2.C7H8O.ClH.H2O4S/c2*1-16(2)23(17(3)4)14-13-20(19-9-7-6-8-10-19)21-15-18(5)11-12-22(21)24;2*1-11-7-8-15-14(9-11)13(10-16(17)18-15)12-5-3-2-4-6-12;10-9(11)7-6-8-4-2-1-3-5-8;1-6-2-4-7(8)5-3-6;;1-5(2,3)4/h2*6-12,15-17,20,24H,13-14H2,1-5H3;2-9,13,16-17H,10H2,1H3;2-9,13H,10H2,1H3;1-7H,(H,10,11);2-5,8H,1H3;1H;(H2,1,2,3,4)/b;;;;7-6+;;;/t20-;;;;;;;/m1......./s1. The van der Waals surface area contributed by atoms with Crippen LogP contribution >= 0.6 is 12.4 Å². The minimum Gasteiger partial charge on any atom is -0.508 e. The summed E-state index contributed by atoms with van der Waals surface area (Å²) in [5, 5.41) is 47.8. The average Bonchev–Trinajstić information content (AvgIpc) is 0.802. The fraction of sp³-hybridized carbons (Fsp3) is 0.304. The second kappa shape index (κ2) is 45.2. The molecular formula is C92H111ClN2O13S. The third-order valence-corrected chi connectivity index (χ3v) is 18.6. The normalized spacial score (nSPS) is 14.6. The first-order valence-corrected chi connectivity index (χ1v) is 38.2. The molecule has 0 spiro atoms. The highest BCUT2D eigenvalue weighted by atomic mass is 35.5. The van der Waals surface area contributed by atoms with Gasteiger partial charge >= 0.3 is 22.3 Å². The van der Waals surface area contributed by atoms with E-state index < -0.39 is 22.7 Å². The van der Waals surface area contributed by atoms with Crippen molar-refractivity contribution in [2.75, 3.05) is 13.1 Å². The van der Waals surface area contributed by atoms with E-state index in [-0.39, 0.29) is 42.0 Å². The number of rotatable bonds is 18. The highest BCUT2D eigenvalue weighted by Gasteiger charge is 2.30. The molecule has 0 aromatic heterocycles. The number of carboxylic acids is 1. The number of carbonyl (C=O) groups is 2. The summed E-state index contributed by atoms with van der Waals surface area (Å²) in [6, 6.07) is 83.9. The van der Waals surface area contributed by atoms with Crippen LogP contribution in [0.15, 0.2) is 255 Å². The molecule has 109 heavy (non-hydrogen) atoms. The zero-order valence-corrected chi connectivity index (χ0v) is 66.7. The van der Waals surface area contributed by atoms with Crippen LogP contribution in [-0.2, 0) is 20.0 Å². The molecule has 0 amide bonds. The van der Waals surface area contributed by atoms with Gasteiger partial charge in [0, 0.05) is 82.6 Å². The summed E-state index contributed by atoms with van der Waals surface area (Å²) in [6.07, 6.45) is 4.98. The molecule has 12 rings (SSSR count). The number of halogens is 1. The van der Waals surface area contributed by atoms with E-state index in [0.29, 0.717) is 60.0 Å². The van der Waals surface area contributed by atoms with Gasteiger partial charge in [-0.15, -0.1) is 12.4 Å². The van der Waals surface area contributed by atoms with Crippen LogP contribution in [0.25, 0.3) is 6.08 Å². The van der Waals surface area contributed by atoms with E-state index in [0.717, 1.165) is 60.0 Å². The number of esters is 1. The molecular weight excluding hydrogens is 1410 g/mol. The van der Waals surface area contributed by atoms with Gasteiger partial charge in [-0.05, 0) is 186 Å². The Kier molecular flexibility index (Phi) is 37.2. The van der Waals surface area contributed by atoms with Crippen molar-refractivity contribution in [1.29, 1.82) is 0 Å². The first kappa shape index (κ1) is 89.7. The maximum absolute atomic E-state index is 11.7. The zero-order valence-electron chi connectivity index (χ0n) is 65.1. The molecule has 15 nitrogen and oxygen atoms in total. The number of aliphatic hydroxyl groups excluding tert-OH is 1. The Morgan fingerprint density at radius 1 is 0.477 bits per heavy atom. The number of aromatic hydroxyl groups is 3. The van der Waals surface area contributed by atoms with Crippen molar-refractivity contribution in [3.8, 4) is 28.7 Å². The lowest BCUT2D eigenvalue weighted by Crippen LogP contribution is -2.38. The van der Waals surface area contributed by atoms with Gasteiger partial charge in [0.15, 0.2) is 6.29 Å². The minimum atomic E-state index is -4.67. The van der Waals surface area contributed by atoms with E-state index in [1.54, 1.807) is 18.2 Å². The van der Waals surface area contributed by atoms with Crippen molar-refractivity contribution in [1.82, 2.24) is 9.80 Å². The highest BCUT2D eigenvalue weighted by Crippen LogP contribution is 2.42. The van der Waals surface area contributed by atoms with E-state index in [1.165, 1.54) is 55.6 Å². The second-order valence-corrected chi connectivity index (χ2v) is 29.2. The summed E-state index contributed by atoms with van der Waals surface area (Å²) in [6.45, 7) is 30.3. The number of phenolic OH excluding ortho intramolecular Hbond substituents is 3. The molecule has 2 heterocycles. The molecule has 5 atom stereocenters. The van der Waals surface area contributed by atoms with Gasteiger partial charge in [-0.2, -0.15) is 8.42 Å². The fourth-order valence-electron chi connectivity index (χ4n) is 13.4. The maximum Gasteiger partial charge on any atom is 0.394 e. The molecule has 17 heteroatoms. The number of benzene rings is 10. The fourth-order valence-corrected chi connectivity index (χ4v) is 13.4. The molecule has 0 saturated heterocycles. The largest absolute Gasteiger partial charge is 0.508 e. The Morgan fingerprint density at radius 2 is 0.826 bits per heavy atom. The highest BCUT2D eigenvalue weighted by molar-refractivity contribution is 7.79. The SMILES string of the molecule is Cc1ccc(O)c(C(CCN(C(C)C)C(C)C)c2ccccc2)c1.Cc1ccc(O)c([C@H](CCN(C(C)C)C(C)C)c2ccccc2)c1.Cc1ccc(O)cc1.Cc1ccc2c(c1)C(c1ccccc1)CC(=O)O2.Cc1ccc2c(c1)C(c1ccccc1)CC(O)O2.Cl.O=C(O)/C=C/c1ccccc1.O=S(=O)(O)O. The van der Waals surface area contributed by atoms with Crippen LogP contribution < -0.4 is 9.47 Å². The molecule has 2 aliphatic heterocycles. The van der Waals surface area contributed by atoms with Gasteiger partial charge in [-0.3, -0.25) is 23.7 Å². The molecule has 7 N–H and O–H groups in total. The molecule has 10 aromatic carbocycles. The van der Waals surface area contributed by atoms with Gasteiger partial charge in [0.05, 0.1) is 6.42 Å². The quantitative estimate of drug-likeness (QED) is 0.0183. The van der Waals surface area contributed by atoms with E-state index in [2.05, 4.69) is 190 Å². The monoisotopic (exact) mass is 1520 g/mol. The molecule has 0 bridgehead atoms. The van der Waals surface area contributed by atoms with Gasteiger partial charge in [0.1, 0.15) is 28.7 Å². The van der Waals surface area contributed by atoms with Gasteiger partial charge < -0.3 is 35.0 Å². The molecule has 2 aliphatic rings. The summed E-state index contributed by atoms with van der Waals surface area (Å²) in [5.41, 5.74) is 16.1. The van der Waals surface area contributed by atoms with Crippen molar-refractivity contribution < 1.29 is 62.1 Å². The van der Waals surface area contributed by atoms with Crippen LogP contribution in [-0.4, -0.2) is 108 Å². The van der Waals surface area contributed by atoms with Crippen molar-refractivity contribution in [2.45, 2.75) is 170 Å². The zero-order chi connectivity index (χ0) is 79.0. The average molecular weight is 1520 g/mol. The number of aryl methyl sites for hydroxylation is 5. The Morgan fingerprint density at radius 3 is 1.22 bits per heavy atom. The summed E-state index contributed by atoms with van der Waals surface area (Å²) < 4.78 is 42.4. The van der Waals surface area contributed by atoms with Crippen LogP contribution in [0.4, 0.5) is 0 Å². The minimum absolute atomic E-state index is 0. The molecule has 0 saturated carbocycles. The van der Waals surface area contributed by atoms with E-state index in [4.69, 9.17) is 37.2 Å². The van der Waals surface area contributed by atoms with E-state index in [1.807, 2.05) is 146 Å². The van der Waals surface area contributed by atoms with Gasteiger partial charge in [-0.1, -0.05) is 240 Å². The van der Waals surface area contributed by atoms with Crippen LogP contribution in [0.3, 0.4) is 0 Å². The Bertz CT molecular complexity index is 4330. The van der Waals surface area contributed by atoms with Crippen molar-refractivity contribution >= 4 is 40.8 Å². The second-order valence-electron chi connectivity index (χ2n) is 28.3. The first-order valence-electron chi connectivity index (χ1n) is 36.8. The van der Waals surface area contributed by atoms with E-state index in [9.17, 15) is 24.9 Å². The van der Waals surface area contributed by atoms with Crippen LogP contribution in [0, 0.1) is 34.6 Å². The number of hydrogen-bond donors (Lipinski definition) is 7.